The van der Waals surface area contributed by atoms with Crippen molar-refractivity contribution in [3.05, 3.63) is 90.9 Å². The van der Waals surface area contributed by atoms with Crippen molar-refractivity contribution < 1.29 is 9.47 Å². The van der Waals surface area contributed by atoms with Gasteiger partial charge in [0.25, 0.3) is 5.88 Å². The molecule has 7 heteroatoms. The molecule has 7 nitrogen and oxygen atoms in total. The fourth-order valence-corrected chi connectivity index (χ4v) is 3.24. The normalized spacial score (nSPS) is 10.9. The standard InChI is InChI=1S/C24H19N5O2/c1-30-18-12-10-17(11-13-18)15-29-16-26-21-23(29)27-22(20-9-5-6-14-25-20)28-24(21)31-19-7-3-2-4-8-19/h2-14,16H,15H2,1H3. The molecule has 0 aliphatic heterocycles. The molecule has 0 fully saturated rings. The Labute approximate surface area is 179 Å². The lowest BCUT2D eigenvalue weighted by Crippen LogP contribution is -2.02. The molecule has 0 unspecified atom stereocenters. The molecule has 0 amide bonds. The Morgan fingerprint density at radius 1 is 0.806 bits per heavy atom. The third kappa shape index (κ3) is 3.93. The van der Waals surface area contributed by atoms with Gasteiger partial charge in [0.1, 0.15) is 17.2 Å². The van der Waals surface area contributed by atoms with Gasteiger partial charge in [-0.25, -0.2) is 9.97 Å². The Hall–Kier alpha value is -4.26. The first kappa shape index (κ1) is 18.7. The van der Waals surface area contributed by atoms with E-state index in [9.17, 15) is 0 Å². The largest absolute Gasteiger partial charge is 0.497 e. The van der Waals surface area contributed by atoms with E-state index >= 15 is 0 Å². The zero-order valence-electron chi connectivity index (χ0n) is 16.8. The van der Waals surface area contributed by atoms with E-state index in [-0.39, 0.29) is 0 Å². The number of ether oxygens (including phenoxy) is 2. The average molecular weight is 409 g/mol. The number of aromatic nitrogens is 5. The molecule has 3 heterocycles. The Morgan fingerprint density at radius 2 is 1.61 bits per heavy atom. The van der Waals surface area contributed by atoms with Gasteiger partial charge in [-0.1, -0.05) is 36.4 Å². The lowest BCUT2D eigenvalue weighted by atomic mass is 10.2. The summed E-state index contributed by atoms with van der Waals surface area (Å²) in [5.74, 6) is 2.37. The number of benzene rings is 2. The summed E-state index contributed by atoms with van der Waals surface area (Å²) in [6, 6.07) is 23.1. The first-order chi connectivity index (χ1) is 15.3. The third-order valence-electron chi connectivity index (χ3n) is 4.80. The SMILES string of the molecule is COc1ccc(Cn2cnc3c(Oc4ccccc4)nc(-c4ccccn4)nc32)cc1. The number of imidazole rings is 1. The summed E-state index contributed by atoms with van der Waals surface area (Å²) in [5, 5.41) is 0. The van der Waals surface area contributed by atoms with E-state index in [0.717, 1.165) is 11.3 Å². The topological polar surface area (TPSA) is 75.0 Å². The Morgan fingerprint density at radius 3 is 2.35 bits per heavy atom. The highest BCUT2D eigenvalue weighted by Gasteiger charge is 2.17. The highest BCUT2D eigenvalue weighted by Crippen LogP contribution is 2.29. The molecular weight excluding hydrogens is 390 g/mol. The predicted molar refractivity (Wildman–Crippen MR) is 117 cm³/mol. The second kappa shape index (κ2) is 8.23. The van der Waals surface area contributed by atoms with Gasteiger partial charge in [0.15, 0.2) is 17.0 Å². The molecular formula is C24H19N5O2. The van der Waals surface area contributed by atoms with Crippen LogP contribution < -0.4 is 9.47 Å². The van der Waals surface area contributed by atoms with Crippen LogP contribution in [0.2, 0.25) is 0 Å². The molecule has 0 aliphatic carbocycles. The number of rotatable bonds is 6. The number of nitrogens with zero attached hydrogens (tertiary/aromatic N) is 5. The molecule has 31 heavy (non-hydrogen) atoms. The minimum atomic E-state index is 0.394. The number of methoxy groups -OCH3 is 1. The summed E-state index contributed by atoms with van der Waals surface area (Å²) in [5.41, 5.74) is 3.04. The van der Waals surface area contributed by atoms with Crippen LogP contribution in [0.4, 0.5) is 0 Å². The summed E-state index contributed by atoms with van der Waals surface area (Å²) >= 11 is 0. The van der Waals surface area contributed by atoms with Gasteiger partial charge < -0.3 is 14.0 Å². The number of hydrogen-bond donors (Lipinski definition) is 0. The van der Waals surface area contributed by atoms with E-state index in [2.05, 4.69) is 15.0 Å². The van der Waals surface area contributed by atoms with Crippen LogP contribution in [0.25, 0.3) is 22.7 Å². The molecule has 2 aromatic carbocycles. The summed E-state index contributed by atoms with van der Waals surface area (Å²) in [6.45, 7) is 0.601. The van der Waals surface area contributed by atoms with Crippen LogP contribution in [0.5, 0.6) is 17.4 Å². The maximum atomic E-state index is 6.08. The smallest absolute Gasteiger partial charge is 0.251 e. The summed E-state index contributed by atoms with van der Waals surface area (Å²) in [4.78, 5) is 18.3. The van der Waals surface area contributed by atoms with E-state index < -0.39 is 0 Å². The minimum absolute atomic E-state index is 0.394. The van der Waals surface area contributed by atoms with Crippen molar-refractivity contribution in [1.82, 2.24) is 24.5 Å². The lowest BCUT2D eigenvalue weighted by Gasteiger charge is -2.09. The fourth-order valence-electron chi connectivity index (χ4n) is 3.24. The maximum Gasteiger partial charge on any atom is 0.251 e. The van der Waals surface area contributed by atoms with Crippen molar-refractivity contribution in [2.75, 3.05) is 7.11 Å². The molecule has 0 bridgehead atoms. The molecule has 0 aliphatic rings. The second-order valence-corrected chi connectivity index (χ2v) is 6.88. The number of hydrogen-bond acceptors (Lipinski definition) is 6. The monoisotopic (exact) mass is 409 g/mol. The van der Waals surface area contributed by atoms with Crippen molar-refractivity contribution in [2.45, 2.75) is 6.54 Å². The van der Waals surface area contributed by atoms with Gasteiger partial charge in [-0.15, -0.1) is 0 Å². The first-order valence-electron chi connectivity index (χ1n) is 9.80. The molecule has 0 saturated heterocycles. The highest BCUT2D eigenvalue weighted by molar-refractivity contribution is 5.79. The van der Waals surface area contributed by atoms with Crippen LogP contribution in [0.3, 0.4) is 0 Å². The van der Waals surface area contributed by atoms with Crippen LogP contribution >= 0.6 is 0 Å². The number of fused-ring (bicyclic) bond motifs is 1. The van der Waals surface area contributed by atoms with Crippen LogP contribution in [-0.2, 0) is 6.54 Å². The van der Waals surface area contributed by atoms with Crippen LogP contribution in [-0.4, -0.2) is 31.6 Å². The Balaban J connectivity index is 1.60. The van der Waals surface area contributed by atoms with E-state index in [1.165, 1.54) is 0 Å². The highest BCUT2D eigenvalue weighted by atomic mass is 16.5. The molecule has 5 rings (SSSR count). The van der Waals surface area contributed by atoms with Crippen molar-refractivity contribution in [2.24, 2.45) is 0 Å². The molecule has 152 valence electrons. The predicted octanol–water partition coefficient (Wildman–Crippen LogP) is 4.74. The van der Waals surface area contributed by atoms with Gasteiger partial charge in [0, 0.05) is 6.20 Å². The summed E-state index contributed by atoms with van der Waals surface area (Å²) in [6.07, 6.45) is 3.47. The van der Waals surface area contributed by atoms with E-state index in [4.69, 9.17) is 14.5 Å². The van der Waals surface area contributed by atoms with Gasteiger partial charge in [0.05, 0.1) is 20.0 Å². The van der Waals surface area contributed by atoms with E-state index in [1.54, 1.807) is 19.6 Å². The molecule has 0 atom stereocenters. The Bertz CT molecular complexity index is 1300. The fraction of sp³-hybridized carbons (Fsp3) is 0.0833. The first-order valence-corrected chi connectivity index (χ1v) is 9.80. The quantitative estimate of drug-likeness (QED) is 0.403. The molecule has 3 aromatic heterocycles. The van der Waals surface area contributed by atoms with E-state index in [0.29, 0.717) is 40.9 Å². The molecule has 0 spiro atoms. The molecule has 0 N–H and O–H groups in total. The molecule has 0 saturated carbocycles. The summed E-state index contributed by atoms with van der Waals surface area (Å²) < 4.78 is 13.3. The van der Waals surface area contributed by atoms with Crippen LogP contribution in [0.1, 0.15) is 5.56 Å². The van der Waals surface area contributed by atoms with Gasteiger partial charge in [-0.2, -0.15) is 4.98 Å². The zero-order chi connectivity index (χ0) is 21.0. The van der Waals surface area contributed by atoms with Crippen molar-refractivity contribution in [3.63, 3.8) is 0 Å². The van der Waals surface area contributed by atoms with Crippen LogP contribution in [0.15, 0.2) is 85.3 Å². The summed E-state index contributed by atoms with van der Waals surface area (Å²) in [7, 11) is 1.66. The minimum Gasteiger partial charge on any atom is -0.497 e. The van der Waals surface area contributed by atoms with Crippen molar-refractivity contribution >= 4 is 11.2 Å². The van der Waals surface area contributed by atoms with Crippen molar-refractivity contribution in [3.8, 4) is 28.9 Å². The molecule has 5 aromatic rings. The Kier molecular flexibility index (Phi) is 4.98. The van der Waals surface area contributed by atoms with E-state index in [1.807, 2.05) is 77.4 Å². The zero-order valence-corrected chi connectivity index (χ0v) is 16.8. The maximum absolute atomic E-state index is 6.08. The van der Waals surface area contributed by atoms with Gasteiger partial charge in [-0.05, 0) is 42.0 Å². The van der Waals surface area contributed by atoms with Gasteiger partial charge in [0.2, 0.25) is 0 Å². The van der Waals surface area contributed by atoms with Crippen LogP contribution in [0, 0.1) is 0 Å². The van der Waals surface area contributed by atoms with Crippen molar-refractivity contribution in [1.29, 1.82) is 0 Å². The lowest BCUT2D eigenvalue weighted by molar-refractivity contribution is 0.414. The second-order valence-electron chi connectivity index (χ2n) is 6.88. The number of pyridine rings is 1. The number of para-hydroxylation sites is 1. The van der Waals surface area contributed by atoms with Gasteiger partial charge in [-0.3, -0.25) is 4.98 Å². The third-order valence-corrected chi connectivity index (χ3v) is 4.80. The average Bonchev–Trinajstić information content (AvgIpc) is 3.24. The van der Waals surface area contributed by atoms with Gasteiger partial charge >= 0.3 is 0 Å². The molecule has 0 radical (unpaired) electrons.